The molecule has 1 aromatic rings. The molecule has 0 aromatic carbocycles. The normalized spacial score (nSPS) is 12.4. The molecular formula is C12H18N4O3. The van der Waals surface area contributed by atoms with Gasteiger partial charge in [0, 0.05) is 6.20 Å². The quantitative estimate of drug-likeness (QED) is 0.860. The van der Waals surface area contributed by atoms with Crippen molar-refractivity contribution in [1.82, 2.24) is 15.5 Å². The number of nitrogens with one attached hydrogen (secondary N) is 2. The number of aromatic nitrogens is 2. The van der Waals surface area contributed by atoms with Crippen LogP contribution in [0.25, 0.3) is 0 Å². The van der Waals surface area contributed by atoms with Gasteiger partial charge >= 0.3 is 6.09 Å². The molecule has 0 unspecified atom stereocenters. The number of amides is 2. The van der Waals surface area contributed by atoms with E-state index in [0.29, 0.717) is 5.82 Å². The maximum atomic E-state index is 11.8. The van der Waals surface area contributed by atoms with Gasteiger partial charge in [-0.05, 0) is 39.8 Å². The zero-order valence-corrected chi connectivity index (χ0v) is 11.4. The van der Waals surface area contributed by atoms with Crippen molar-refractivity contribution in [2.75, 3.05) is 5.32 Å². The van der Waals surface area contributed by atoms with Gasteiger partial charge in [-0.3, -0.25) is 4.79 Å². The van der Waals surface area contributed by atoms with Crippen LogP contribution in [0.2, 0.25) is 0 Å². The van der Waals surface area contributed by atoms with Crippen LogP contribution in [0.15, 0.2) is 18.3 Å². The second kappa shape index (κ2) is 6.12. The Morgan fingerprint density at radius 1 is 1.37 bits per heavy atom. The first kappa shape index (κ1) is 14.9. The Kier molecular flexibility index (Phi) is 4.80. The molecule has 0 saturated heterocycles. The third-order valence-electron chi connectivity index (χ3n) is 1.95. The second-order valence-electron chi connectivity index (χ2n) is 4.97. The van der Waals surface area contributed by atoms with Crippen LogP contribution in [0.4, 0.5) is 10.6 Å². The molecule has 0 aliphatic carbocycles. The molecule has 1 aromatic heterocycles. The highest BCUT2D eigenvalue weighted by Gasteiger charge is 2.21. The Morgan fingerprint density at radius 2 is 2.05 bits per heavy atom. The standard InChI is InChI=1S/C12H18N4O3/c1-8(14-11(18)19-12(2,3)4)10(17)15-9-6-5-7-13-16-9/h5-8H,1-4H3,(H,14,18)(H,15,16,17)/t8-/m0/s1. The maximum Gasteiger partial charge on any atom is 0.408 e. The number of hydrogen-bond donors (Lipinski definition) is 2. The lowest BCUT2D eigenvalue weighted by Crippen LogP contribution is -2.44. The van der Waals surface area contributed by atoms with Crippen LogP contribution in [0, 0.1) is 0 Å². The van der Waals surface area contributed by atoms with Gasteiger partial charge in [0.15, 0.2) is 5.82 Å². The lowest BCUT2D eigenvalue weighted by atomic mass is 10.2. The smallest absolute Gasteiger partial charge is 0.408 e. The van der Waals surface area contributed by atoms with Gasteiger partial charge < -0.3 is 15.4 Å². The summed E-state index contributed by atoms with van der Waals surface area (Å²) in [7, 11) is 0. The summed E-state index contributed by atoms with van der Waals surface area (Å²) in [6, 6.07) is 2.51. The van der Waals surface area contributed by atoms with E-state index in [2.05, 4.69) is 20.8 Å². The molecule has 0 saturated carbocycles. The van der Waals surface area contributed by atoms with Crippen LogP contribution in [0.3, 0.4) is 0 Å². The van der Waals surface area contributed by atoms with Gasteiger partial charge in [-0.1, -0.05) is 0 Å². The molecule has 104 valence electrons. The van der Waals surface area contributed by atoms with Gasteiger partial charge in [0.05, 0.1) is 0 Å². The Morgan fingerprint density at radius 3 is 2.58 bits per heavy atom. The van der Waals surface area contributed by atoms with E-state index >= 15 is 0 Å². The number of alkyl carbamates (subject to hydrolysis) is 1. The van der Waals surface area contributed by atoms with Gasteiger partial charge in [0.1, 0.15) is 11.6 Å². The largest absolute Gasteiger partial charge is 0.444 e. The first-order chi connectivity index (χ1) is 8.78. The summed E-state index contributed by atoms with van der Waals surface area (Å²) in [4.78, 5) is 23.2. The lowest BCUT2D eigenvalue weighted by Gasteiger charge is -2.21. The summed E-state index contributed by atoms with van der Waals surface area (Å²) >= 11 is 0. The monoisotopic (exact) mass is 266 g/mol. The Labute approximate surface area is 111 Å². The summed E-state index contributed by atoms with van der Waals surface area (Å²) in [5.41, 5.74) is -0.606. The molecule has 0 radical (unpaired) electrons. The Balaban J connectivity index is 2.47. The highest BCUT2D eigenvalue weighted by Crippen LogP contribution is 2.07. The molecule has 2 N–H and O–H groups in total. The van der Waals surface area contributed by atoms with Gasteiger partial charge in [0.25, 0.3) is 0 Å². The van der Waals surface area contributed by atoms with Crippen molar-refractivity contribution in [2.24, 2.45) is 0 Å². The van der Waals surface area contributed by atoms with Crippen molar-refractivity contribution in [1.29, 1.82) is 0 Å². The van der Waals surface area contributed by atoms with E-state index in [1.807, 2.05) is 0 Å². The number of rotatable bonds is 3. The molecular weight excluding hydrogens is 248 g/mol. The average Bonchev–Trinajstić information content (AvgIpc) is 2.27. The number of carbonyl (C=O) groups is 2. The number of nitrogens with zero attached hydrogens (tertiary/aromatic N) is 2. The number of ether oxygens (including phenoxy) is 1. The first-order valence-corrected chi connectivity index (χ1v) is 5.86. The fraction of sp³-hybridized carbons (Fsp3) is 0.500. The molecule has 7 nitrogen and oxygen atoms in total. The predicted molar refractivity (Wildman–Crippen MR) is 69.5 cm³/mol. The molecule has 0 spiro atoms. The third-order valence-corrected chi connectivity index (χ3v) is 1.95. The van der Waals surface area contributed by atoms with E-state index in [9.17, 15) is 9.59 Å². The highest BCUT2D eigenvalue weighted by molar-refractivity contribution is 5.95. The van der Waals surface area contributed by atoms with Crippen LogP contribution in [-0.4, -0.2) is 33.8 Å². The average molecular weight is 266 g/mol. The van der Waals surface area contributed by atoms with E-state index in [1.54, 1.807) is 39.8 Å². The molecule has 7 heteroatoms. The van der Waals surface area contributed by atoms with Gasteiger partial charge in [-0.25, -0.2) is 4.79 Å². The van der Waals surface area contributed by atoms with Crippen LogP contribution < -0.4 is 10.6 Å². The van der Waals surface area contributed by atoms with Crippen molar-refractivity contribution in [3.63, 3.8) is 0 Å². The number of carbonyl (C=O) groups excluding carboxylic acids is 2. The zero-order chi connectivity index (χ0) is 14.5. The van der Waals surface area contributed by atoms with Crippen LogP contribution in [0.5, 0.6) is 0 Å². The van der Waals surface area contributed by atoms with Gasteiger partial charge in [0.2, 0.25) is 5.91 Å². The summed E-state index contributed by atoms with van der Waals surface area (Å²) in [6.07, 6.45) is 0.854. The molecule has 0 aliphatic heterocycles. The van der Waals surface area contributed by atoms with Crippen LogP contribution >= 0.6 is 0 Å². The van der Waals surface area contributed by atoms with E-state index in [0.717, 1.165) is 0 Å². The topological polar surface area (TPSA) is 93.2 Å². The SMILES string of the molecule is C[C@H](NC(=O)OC(C)(C)C)C(=O)Nc1cccnn1. The fourth-order valence-corrected chi connectivity index (χ4v) is 1.15. The molecule has 0 fully saturated rings. The van der Waals surface area contributed by atoms with E-state index in [1.165, 1.54) is 6.20 Å². The van der Waals surface area contributed by atoms with Gasteiger partial charge in [-0.2, -0.15) is 5.10 Å². The van der Waals surface area contributed by atoms with E-state index in [-0.39, 0.29) is 0 Å². The first-order valence-electron chi connectivity index (χ1n) is 5.86. The molecule has 0 aliphatic rings. The minimum Gasteiger partial charge on any atom is -0.444 e. The lowest BCUT2D eigenvalue weighted by molar-refractivity contribution is -0.117. The summed E-state index contributed by atoms with van der Waals surface area (Å²) in [6.45, 7) is 6.79. The van der Waals surface area contributed by atoms with Crippen molar-refractivity contribution in [2.45, 2.75) is 39.3 Å². The Bertz CT molecular complexity index is 442. The predicted octanol–water partition coefficient (Wildman–Crippen LogP) is 1.33. The van der Waals surface area contributed by atoms with E-state index < -0.39 is 23.6 Å². The molecule has 1 rings (SSSR count). The fourth-order valence-electron chi connectivity index (χ4n) is 1.15. The molecule has 1 atom stereocenters. The van der Waals surface area contributed by atoms with Crippen LogP contribution in [-0.2, 0) is 9.53 Å². The maximum absolute atomic E-state index is 11.8. The Hall–Kier alpha value is -2.18. The minimum absolute atomic E-state index is 0.324. The minimum atomic E-state index is -0.739. The molecule has 1 heterocycles. The summed E-state index contributed by atoms with van der Waals surface area (Å²) in [5.74, 6) is -0.0725. The molecule has 0 bridgehead atoms. The number of hydrogen-bond acceptors (Lipinski definition) is 5. The molecule has 19 heavy (non-hydrogen) atoms. The molecule has 2 amide bonds. The van der Waals surface area contributed by atoms with Crippen molar-refractivity contribution in [3.8, 4) is 0 Å². The second-order valence-corrected chi connectivity index (χ2v) is 4.97. The van der Waals surface area contributed by atoms with Crippen LogP contribution in [0.1, 0.15) is 27.7 Å². The van der Waals surface area contributed by atoms with Gasteiger partial charge in [-0.15, -0.1) is 5.10 Å². The number of anilines is 1. The summed E-state index contributed by atoms with van der Waals surface area (Å²) in [5, 5.41) is 12.3. The van der Waals surface area contributed by atoms with E-state index in [4.69, 9.17) is 4.74 Å². The zero-order valence-electron chi connectivity index (χ0n) is 11.4. The van der Waals surface area contributed by atoms with Crippen molar-refractivity contribution in [3.05, 3.63) is 18.3 Å². The van der Waals surface area contributed by atoms with Crippen molar-refractivity contribution >= 4 is 17.8 Å². The highest BCUT2D eigenvalue weighted by atomic mass is 16.6. The summed E-state index contributed by atoms with van der Waals surface area (Å²) < 4.78 is 5.05. The van der Waals surface area contributed by atoms with Crippen molar-refractivity contribution < 1.29 is 14.3 Å². The third kappa shape index (κ3) is 5.80.